The van der Waals surface area contributed by atoms with Crippen molar-refractivity contribution in [1.29, 1.82) is 0 Å². The number of nitro groups is 1. The summed E-state index contributed by atoms with van der Waals surface area (Å²) < 4.78 is 0. The lowest BCUT2D eigenvalue weighted by molar-refractivity contribution is -0.385. The van der Waals surface area contributed by atoms with Gasteiger partial charge >= 0.3 is 5.97 Å². The van der Waals surface area contributed by atoms with Gasteiger partial charge in [0.05, 0.1) is 20.5 Å². The number of amides is 1. The van der Waals surface area contributed by atoms with Crippen molar-refractivity contribution in [1.82, 2.24) is 0 Å². The van der Waals surface area contributed by atoms with E-state index in [4.69, 9.17) is 28.3 Å². The standard InChI is InChI=1S/C14H8Cl2N2O5/c15-9-5-4-7(6-10(9)16)17-13(19)12-8(14(20)21)2-1-3-11(12)18(22)23/h1-6H,(H,17,19)(H,20,21). The zero-order valence-electron chi connectivity index (χ0n) is 11.2. The average Bonchev–Trinajstić information content (AvgIpc) is 2.50. The van der Waals surface area contributed by atoms with Crippen molar-refractivity contribution < 1.29 is 19.6 Å². The van der Waals surface area contributed by atoms with Crippen LogP contribution in [0.15, 0.2) is 36.4 Å². The number of nitrogens with one attached hydrogen (secondary N) is 1. The maximum Gasteiger partial charge on any atom is 0.336 e. The van der Waals surface area contributed by atoms with Crippen LogP contribution in [0, 0.1) is 10.1 Å². The van der Waals surface area contributed by atoms with E-state index < -0.39 is 33.6 Å². The normalized spacial score (nSPS) is 10.2. The largest absolute Gasteiger partial charge is 0.478 e. The Bertz CT molecular complexity index is 791. The van der Waals surface area contributed by atoms with Gasteiger partial charge in [-0.15, -0.1) is 0 Å². The van der Waals surface area contributed by atoms with Crippen molar-refractivity contribution in [2.75, 3.05) is 5.32 Å². The van der Waals surface area contributed by atoms with Crippen LogP contribution >= 0.6 is 23.2 Å². The van der Waals surface area contributed by atoms with E-state index >= 15 is 0 Å². The van der Waals surface area contributed by atoms with E-state index in [2.05, 4.69) is 5.32 Å². The molecule has 2 aromatic carbocycles. The molecule has 23 heavy (non-hydrogen) atoms. The number of nitro benzene ring substituents is 1. The SMILES string of the molecule is O=C(O)c1cccc([N+](=O)[O-])c1C(=O)Nc1ccc(Cl)c(Cl)c1. The van der Waals surface area contributed by atoms with Gasteiger partial charge in [0.2, 0.25) is 0 Å². The molecule has 0 saturated heterocycles. The van der Waals surface area contributed by atoms with Gasteiger partial charge in [-0.25, -0.2) is 4.79 Å². The van der Waals surface area contributed by atoms with E-state index in [9.17, 15) is 19.7 Å². The minimum absolute atomic E-state index is 0.172. The molecule has 1 amide bonds. The van der Waals surface area contributed by atoms with E-state index in [0.29, 0.717) is 0 Å². The highest BCUT2D eigenvalue weighted by Gasteiger charge is 2.27. The Morgan fingerprint density at radius 2 is 1.83 bits per heavy atom. The number of carboxylic acid groups (broad SMARTS) is 1. The summed E-state index contributed by atoms with van der Waals surface area (Å²) in [7, 11) is 0. The molecule has 0 aliphatic heterocycles. The number of carbonyl (C=O) groups excluding carboxylic acids is 1. The molecule has 0 saturated carbocycles. The summed E-state index contributed by atoms with van der Waals surface area (Å²) >= 11 is 11.6. The van der Waals surface area contributed by atoms with Gasteiger partial charge < -0.3 is 10.4 Å². The first-order chi connectivity index (χ1) is 10.8. The molecule has 0 aromatic heterocycles. The summed E-state index contributed by atoms with van der Waals surface area (Å²) in [5, 5.41) is 23.0. The first kappa shape index (κ1) is 16.7. The van der Waals surface area contributed by atoms with Crippen molar-refractivity contribution >= 4 is 46.5 Å². The molecule has 0 unspecified atom stereocenters. The summed E-state index contributed by atoms with van der Waals surface area (Å²) in [6.07, 6.45) is 0. The molecular weight excluding hydrogens is 347 g/mol. The van der Waals surface area contributed by atoms with Crippen LogP contribution in [0.4, 0.5) is 11.4 Å². The van der Waals surface area contributed by atoms with Gasteiger partial charge in [0.15, 0.2) is 0 Å². The Labute approximate surface area is 139 Å². The lowest BCUT2D eigenvalue weighted by Gasteiger charge is -2.09. The molecule has 0 aliphatic carbocycles. The van der Waals surface area contributed by atoms with Crippen LogP contribution in [0.5, 0.6) is 0 Å². The molecular formula is C14H8Cl2N2O5. The second-order valence-corrected chi connectivity index (χ2v) is 5.16. The fraction of sp³-hybridized carbons (Fsp3) is 0. The second-order valence-electron chi connectivity index (χ2n) is 4.34. The number of benzene rings is 2. The van der Waals surface area contributed by atoms with Crippen LogP contribution in [0.2, 0.25) is 10.0 Å². The number of anilines is 1. The Hall–Kier alpha value is -2.64. The van der Waals surface area contributed by atoms with E-state index in [1.165, 1.54) is 24.3 Å². The highest BCUT2D eigenvalue weighted by molar-refractivity contribution is 6.42. The Kier molecular flexibility index (Phi) is 4.83. The molecule has 0 aliphatic rings. The smallest absolute Gasteiger partial charge is 0.336 e. The van der Waals surface area contributed by atoms with Gasteiger partial charge in [0.25, 0.3) is 11.6 Å². The quantitative estimate of drug-likeness (QED) is 0.639. The minimum atomic E-state index is -1.45. The maximum absolute atomic E-state index is 12.3. The van der Waals surface area contributed by atoms with Crippen LogP contribution in [0.25, 0.3) is 0 Å². The maximum atomic E-state index is 12.3. The fourth-order valence-corrected chi connectivity index (χ4v) is 2.17. The topological polar surface area (TPSA) is 110 Å². The Morgan fingerprint density at radius 1 is 1.13 bits per heavy atom. The molecule has 0 spiro atoms. The number of carbonyl (C=O) groups is 2. The summed E-state index contributed by atoms with van der Waals surface area (Å²) in [4.78, 5) is 33.7. The third-order valence-corrected chi connectivity index (χ3v) is 3.61. The molecule has 0 bridgehead atoms. The third kappa shape index (κ3) is 3.58. The number of hydrogen-bond donors (Lipinski definition) is 2. The molecule has 2 N–H and O–H groups in total. The van der Waals surface area contributed by atoms with Crippen LogP contribution in [0.1, 0.15) is 20.7 Å². The summed E-state index contributed by atoms with van der Waals surface area (Å²) in [6, 6.07) is 7.56. The van der Waals surface area contributed by atoms with Crippen LogP contribution in [-0.4, -0.2) is 21.9 Å². The Balaban J connectivity index is 2.47. The van der Waals surface area contributed by atoms with Crippen molar-refractivity contribution in [3.05, 3.63) is 67.7 Å². The number of nitrogens with zero attached hydrogens (tertiary/aromatic N) is 1. The predicted octanol–water partition coefficient (Wildman–Crippen LogP) is 3.85. The fourth-order valence-electron chi connectivity index (χ4n) is 1.88. The van der Waals surface area contributed by atoms with Crippen LogP contribution < -0.4 is 5.32 Å². The number of rotatable bonds is 4. The summed E-state index contributed by atoms with van der Waals surface area (Å²) in [5.74, 6) is -2.39. The van der Waals surface area contributed by atoms with Crippen molar-refractivity contribution in [2.24, 2.45) is 0 Å². The molecule has 0 fully saturated rings. The van der Waals surface area contributed by atoms with E-state index in [1.54, 1.807) is 0 Å². The third-order valence-electron chi connectivity index (χ3n) is 2.87. The molecule has 7 nitrogen and oxygen atoms in total. The van der Waals surface area contributed by atoms with Gasteiger partial charge in [0.1, 0.15) is 5.56 Å². The van der Waals surface area contributed by atoms with Gasteiger partial charge in [-0.2, -0.15) is 0 Å². The zero-order chi connectivity index (χ0) is 17.1. The molecule has 9 heteroatoms. The number of hydrogen-bond acceptors (Lipinski definition) is 4. The van der Waals surface area contributed by atoms with Crippen LogP contribution in [-0.2, 0) is 0 Å². The van der Waals surface area contributed by atoms with E-state index in [1.807, 2.05) is 0 Å². The molecule has 0 radical (unpaired) electrons. The van der Waals surface area contributed by atoms with Crippen molar-refractivity contribution in [3.8, 4) is 0 Å². The van der Waals surface area contributed by atoms with Gasteiger partial charge in [-0.05, 0) is 24.3 Å². The first-order valence-corrected chi connectivity index (χ1v) is 6.84. The van der Waals surface area contributed by atoms with Gasteiger partial charge in [0, 0.05) is 11.8 Å². The van der Waals surface area contributed by atoms with Gasteiger partial charge in [-0.3, -0.25) is 14.9 Å². The zero-order valence-corrected chi connectivity index (χ0v) is 12.8. The minimum Gasteiger partial charge on any atom is -0.478 e. The average molecular weight is 355 g/mol. The molecule has 118 valence electrons. The highest BCUT2D eigenvalue weighted by Crippen LogP contribution is 2.27. The summed E-state index contributed by atoms with van der Waals surface area (Å²) in [6.45, 7) is 0. The van der Waals surface area contributed by atoms with Crippen LogP contribution in [0.3, 0.4) is 0 Å². The predicted molar refractivity (Wildman–Crippen MR) is 84.5 cm³/mol. The molecule has 0 atom stereocenters. The van der Waals surface area contributed by atoms with E-state index in [-0.39, 0.29) is 15.7 Å². The molecule has 2 rings (SSSR count). The molecule has 2 aromatic rings. The number of aromatic carboxylic acids is 1. The first-order valence-electron chi connectivity index (χ1n) is 6.08. The lowest BCUT2D eigenvalue weighted by Crippen LogP contribution is -2.18. The van der Waals surface area contributed by atoms with Crippen molar-refractivity contribution in [2.45, 2.75) is 0 Å². The molecule has 0 heterocycles. The number of carboxylic acids is 1. The highest BCUT2D eigenvalue weighted by atomic mass is 35.5. The van der Waals surface area contributed by atoms with Crippen molar-refractivity contribution in [3.63, 3.8) is 0 Å². The van der Waals surface area contributed by atoms with Gasteiger partial charge in [-0.1, -0.05) is 29.3 Å². The van der Waals surface area contributed by atoms with E-state index in [0.717, 1.165) is 12.1 Å². The second kappa shape index (κ2) is 6.64. The summed E-state index contributed by atoms with van der Waals surface area (Å²) in [5.41, 5.74) is -1.41. The monoisotopic (exact) mass is 354 g/mol. The lowest BCUT2D eigenvalue weighted by atomic mass is 10.0. The number of halogens is 2. The Morgan fingerprint density at radius 3 is 2.39 bits per heavy atom.